The average molecular weight is 411 g/mol. The molecule has 0 bridgehead atoms. The van der Waals surface area contributed by atoms with Crippen molar-refractivity contribution in [3.8, 4) is 0 Å². The minimum Gasteiger partial charge on any atom is -0.389 e. The number of para-hydroxylation sites is 1. The number of halogens is 1. The molecule has 0 spiro atoms. The second-order valence-electron chi connectivity index (χ2n) is 7.72. The van der Waals surface area contributed by atoms with Crippen LogP contribution in [0.25, 0.3) is 16.4 Å². The van der Waals surface area contributed by atoms with Gasteiger partial charge < -0.3 is 15.7 Å². The Morgan fingerprint density at radius 3 is 2.83 bits per heavy atom. The molecular weight excluding hydrogens is 388 g/mol. The van der Waals surface area contributed by atoms with Gasteiger partial charge in [-0.25, -0.2) is 14.5 Å². The summed E-state index contributed by atoms with van der Waals surface area (Å²) in [6, 6.07) is 11.6. The van der Waals surface area contributed by atoms with Crippen molar-refractivity contribution in [3.05, 3.63) is 59.5 Å². The van der Waals surface area contributed by atoms with E-state index in [1.165, 1.54) is 6.33 Å². The van der Waals surface area contributed by atoms with Crippen molar-refractivity contribution in [3.63, 3.8) is 0 Å². The van der Waals surface area contributed by atoms with Crippen LogP contribution in [0.2, 0.25) is 5.02 Å². The molecule has 8 heteroatoms. The van der Waals surface area contributed by atoms with E-state index >= 15 is 0 Å². The van der Waals surface area contributed by atoms with Crippen LogP contribution in [0.3, 0.4) is 0 Å². The Bertz CT molecular complexity index is 1170. The van der Waals surface area contributed by atoms with Crippen molar-refractivity contribution in [2.45, 2.75) is 32.4 Å². The molecule has 0 saturated heterocycles. The largest absolute Gasteiger partial charge is 0.389 e. The van der Waals surface area contributed by atoms with E-state index in [4.69, 9.17) is 16.6 Å². The van der Waals surface area contributed by atoms with Gasteiger partial charge in [-0.1, -0.05) is 23.7 Å². The van der Waals surface area contributed by atoms with Crippen LogP contribution in [-0.4, -0.2) is 36.8 Å². The second-order valence-corrected chi connectivity index (χ2v) is 8.12. The molecule has 3 N–H and O–H groups in total. The van der Waals surface area contributed by atoms with Gasteiger partial charge in [0.2, 0.25) is 0 Å². The molecule has 0 radical (unpaired) electrons. The first-order valence-electron chi connectivity index (χ1n) is 9.42. The number of aromatic nitrogens is 4. The van der Waals surface area contributed by atoms with Gasteiger partial charge in [-0.05, 0) is 45.0 Å². The van der Waals surface area contributed by atoms with E-state index in [0.717, 1.165) is 27.8 Å². The zero-order valence-electron chi connectivity index (χ0n) is 16.5. The van der Waals surface area contributed by atoms with Crippen LogP contribution in [-0.2, 0) is 0 Å². The summed E-state index contributed by atoms with van der Waals surface area (Å²) in [5.74, 6) is 1.41. The molecular formula is C21H23ClN6O. The van der Waals surface area contributed by atoms with Crippen LogP contribution < -0.4 is 10.6 Å². The smallest absolute Gasteiger partial charge is 0.154 e. The Hall–Kier alpha value is -2.90. The van der Waals surface area contributed by atoms with Crippen molar-refractivity contribution >= 4 is 39.7 Å². The number of aliphatic hydroxyl groups is 1. The summed E-state index contributed by atoms with van der Waals surface area (Å²) in [5.41, 5.74) is 1.68. The second kappa shape index (κ2) is 7.50. The predicted octanol–water partition coefficient (Wildman–Crippen LogP) is 4.29. The number of benzene rings is 1. The number of rotatable bonds is 6. The first-order chi connectivity index (χ1) is 13.8. The fraction of sp³-hybridized carbons (Fsp3) is 0.286. The van der Waals surface area contributed by atoms with Gasteiger partial charge in [-0.15, -0.1) is 0 Å². The zero-order valence-corrected chi connectivity index (χ0v) is 17.3. The monoisotopic (exact) mass is 410 g/mol. The molecule has 0 saturated carbocycles. The van der Waals surface area contributed by atoms with Crippen molar-refractivity contribution in [2.24, 2.45) is 0 Å². The first-order valence-corrected chi connectivity index (χ1v) is 9.80. The fourth-order valence-electron chi connectivity index (χ4n) is 3.21. The number of nitrogens with one attached hydrogen (secondary N) is 2. The lowest BCUT2D eigenvalue weighted by atomic mass is 10.0. The molecule has 4 rings (SSSR count). The number of pyridine rings is 1. The maximum atomic E-state index is 10.2. The molecule has 3 aromatic heterocycles. The fourth-order valence-corrected chi connectivity index (χ4v) is 3.43. The SMILES string of the molecule is CC(Nc1ncnn2cccc12)c1cc2cccc(Cl)c2nc1NCC(C)(C)O. The predicted molar refractivity (Wildman–Crippen MR) is 117 cm³/mol. The highest BCUT2D eigenvalue weighted by Gasteiger charge is 2.19. The molecule has 7 nitrogen and oxygen atoms in total. The topological polar surface area (TPSA) is 87.4 Å². The van der Waals surface area contributed by atoms with Gasteiger partial charge in [0, 0.05) is 23.7 Å². The summed E-state index contributed by atoms with van der Waals surface area (Å²) in [4.78, 5) is 9.15. The van der Waals surface area contributed by atoms with Crippen LogP contribution in [0.4, 0.5) is 11.6 Å². The molecule has 150 valence electrons. The van der Waals surface area contributed by atoms with E-state index < -0.39 is 5.60 Å². The van der Waals surface area contributed by atoms with Gasteiger partial charge in [0.1, 0.15) is 17.7 Å². The van der Waals surface area contributed by atoms with E-state index in [0.29, 0.717) is 17.4 Å². The van der Waals surface area contributed by atoms with Crippen molar-refractivity contribution < 1.29 is 5.11 Å². The Kier molecular flexibility index (Phi) is 5.02. The van der Waals surface area contributed by atoms with E-state index in [1.54, 1.807) is 18.4 Å². The van der Waals surface area contributed by atoms with Crippen LogP contribution in [0.1, 0.15) is 32.4 Å². The number of hydrogen-bond donors (Lipinski definition) is 3. The van der Waals surface area contributed by atoms with Gasteiger partial charge in [0.25, 0.3) is 0 Å². The summed E-state index contributed by atoms with van der Waals surface area (Å²) in [7, 11) is 0. The first kappa shape index (κ1) is 19.4. The number of anilines is 2. The summed E-state index contributed by atoms with van der Waals surface area (Å²) >= 11 is 6.36. The lowest BCUT2D eigenvalue weighted by Crippen LogP contribution is -2.30. The van der Waals surface area contributed by atoms with Crippen LogP contribution in [0.15, 0.2) is 48.9 Å². The third kappa shape index (κ3) is 4.11. The van der Waals surface area contributed by atoms with Gasteiger partial charge >= 0.3 is 0 Å². The summed E-state index contributed by atoms with van der Waals surface area (Å²) in [6.07, 6.45) is 3.40. The third-order valence-electron chi connectivity index (χ3n) is 4.67. The lowest BCUT2D eigenvalue weighted by molar-refractivity contribution is 0.0944. The van der Waals surface area contributed by atoms with Gasteiger partial charge in [0.15, 0.2) is 5.82 Å². The molecule has 3 heterocycles. The van der Waals surface area contributed by atoms with Gasteiger partial charge in [-0.3, -0.25) is 0 Å². The van der Waals surface area contributed by atoms with Crippen LogP contribution in [0, 0.1) is 0 Å². The highest BCUT2D eigenvalue weighted by molar-refractivity contribution is 6.35. The van der Waals surface area contributed by atoms with Crippen LogP contribution in [0.5, 0.6) is 0 Å². The van der Waals surface area contributed by atoms with Crippen molar-refractivity contribution in [1.29, 1.82) is 0 Å². The van der Waals surface area contributed by atoms with Gasteiger partial charge in [-0.2, -0.15) is 5.10 Å². The number of hydrogen-bond acceptors (Lipinski definition) is 6. The average Bonchev–Trinajstić information content (AvgIpc) is 3.15. The summed E-state index contributed by atoms with van der Waals surface area (Å²) < 4.78 is 1.77. The molecule has 0 fully saturated rings. The zero-order chi connectivity index (χ0) is 20.6. The molecule has 1 aromatic carbocycles. The quantitative estimate of drug-likeness (QED) is 0.439. The molecule has 0 aliphatic carbocycles. The number of nitrogens with zero attached hydrogens (tertiary/aromatic N) is 4. The Balaban J connectivity index is 1.74. The van der Waals surface area contributed by atoms with E-state index in [9.17, 15) is 5.11 Å². The molecule has 0 aliphatic rings. The third-order valence-corrected chi connectivity index (χ3v) is 4.97. The van der Waals surface area contributed by atoms with Crippen LogP contribution >= 0.6 is 11.6 Å². The molecule has 4 aromatic rings. The number of fused-ring (bicyclic) bond motifs is 2. The minimum absolute atomic E-state index is 0.108. The minimum atomic E-state index is -0.879. The lowest BCUT2D eigenvalue weighted by Gasteiger charge is -2.23. The van der Waals surface area contributed by atoms with E-state index in [-0.39, 0.29) is 6.04 Å². The Morgan fingerprint density at radius 2 is 2.03 bits per heavy atom. The molecule has 1 unspecified atom stereocenters. The molecule has 1 atom stereocenters. The highest BCUT2D eigenvalue weighted by atomic mass is 35.5. The summed E-state index contributed by atoms with van der Waals surface area (Å²) in [5, 5.41) is 22.6. The Labute approximate surface area is 173 Å². The van der Waals surface area contributed by atoms with E-state index in [1.807, 2.05) is 43.5 Å². The normalized spacial score (nSPS) is 13.0. The Morgan fingerprint density at radius 1 is 1.21 bits per heavy atom. The molecule has 29 heavy (non-hydrogen) atoms. The summed E-state index contributed by atoms with van der Waals surface area (Å²) in [6.45, 7) is 5.90. The molecule has 0 amide bonds. The molecule has 0 aliphatic heterocycles. The highest BCUT2D eigenvalue weighted by Crippen LogP contribution is 2.31. The van der Waals surface area contributed by atoms with Gasteiger partial charge in [0.05, 0.1) is 22.2 Å². The van der Waals surface area contributed by atoms with Crippen molar-refractivity contribution in [2.75, 3.05) is 17.2 Å². The van der Waals surface area contributed by atoms with Crippen molar-refractivity contribution in [1.82, 2.24) is 19.6 Å². The van der Waals surface area contributed by atoms with E-state index in [2.05, 4.69) is 26.8 Å². The standard InChI is InChI=1S/C21H23ClN6O/c1-13(26-20-17-8-5-9-28(17)25-12-24-20)15-10-14-6-4-7-16(22)18(14)27-19(15)23-11-21(2,3)29/h4-10,12-13,29H,11H2,1-3H3,(H,23,27)(H,24,25,26). The maximum absolute atomic E-state index is 10.2. The maximum Gasteiger partial charge on any atom is 0.154 e.